The molecule has 0 aliphatic heterocycles. The lowest BCUT2D eigenvalue weighted by atomic mass is 10.1. The summed E-state index contributed by atoms with van der Waals surface area (Å²) >= 11 is 3.02. The Balaban J connectivity index is 1.61. The third kappa shape index (κ3) is 3.38. The number of hydrogen-bond acceptors (Lipinski definition) is 6. The summed E-state index contributed by atoms with van der Waals surface area (Å²) in [5.74, 6) is -0.285. The van der Waals surface area contributed by atoms with E-state index in [1.165, 1.54) is 11.3 Å². The fourth-order valence-corrected chi connectivity index (χ4v) is 3.49. The Morgan fingerprint density at radius 2 is 2.09 bits per heavy atom. The number of aliphatic hydroxyl groups excluding tert-OH is 1. The number of nitrogens with one attached hydrogen (secondary N) is 1. The first-order valence-corrected chi connectivity index (χ1v) is 8.35. The fraction of sp³-hybridized carbons (Fsp3) is 0.133. The number of aliphatic hydroxyl groups is 1. The lowest BCUT2D eigenvalue weighted by Gasteiger charge is -2.11. The third-order valence-corrected chi connectivity index (χ3v) is 4.90. The second-order valence-electron chi connectivity index (χ2n) is 4.52. The summed E-state index contributed by atoms with van der Waals surface area (Å²) in [5.41, 5.74) is 1.09. The fourth-order valence-electron chi connectivity index (χ4n) is 1.87. The highest BCUT2D eigenvalue weighted by atomic mass is 32.1. The average molecular weight is 331 g/mol. The monoisotopic (exact) mass is 331 g/mol. The first-order chi connectivity index (χ1) is 10.7. The first kappa shape index (κ1) is 14.8. The average Bonchev–Trinajstić information content (AvgIpc) is 3.23. The molecule has 2 N–H and O–H groups in total. The quantitative estimate of drug-likeness (QED) is 0.754. The van der Waals surface area contributed by atoms with Crippen LogP contribution in [-0.2, 0) is 0 Å². The summed E-state index contributed by atoms with van der Waals surface area (Å²) in [6, 6.07) is 7.35. The van der Waals surface area contributed by atoms with Crippen LogP contribution in [0.2, 0.25) is 0 Å². The topological polar surface area (TPSA) is 75.1 Å². The summed E-state index contributed by atoms with van der Waals surface area (Å²) in [7, 11) is 0. The molecule has 0 spiro atoms. The van der Waals surface area contributed by atoms with E-state index < -0.39 is 6.10 Å². The molecule has 0 radical (unpaired) electrons. The number of hydrogen-bond donors (Lipinski definition) is 2. The van der Waals surface area contributed by atoms with Crippen LogP contribution in [0.3, 0.4) is 0 Å². The number of carbonyl (C=O) groups is 1. The number of aromatic nitrogens is 2. The molecule has 0 aromatic carbocycles. The number of thiophene rings is 1. The number of rotatable bonds is 5. The van der Waals surface area contributed by atoms with Crippen molar-refractivity contribution >= 4 is 28.6 Å². The van der Waals surface area contributed by atoms with Crippen molar-refractivity contribution in [1.82, 2.24) is 15.3 Å². The van der Waals surface area contributed by atoms with Crippen molar-refractivity contribution in [2.24, 2.45) is 0 Å². The zero-order chi connectivity index (χ0) is 15.4. The van der Waals surface area contributed by atoms with Crippen molar-refractivity contribution in [2.75, 3.05) is 6.54 Å². The van der Waals surface area contributed by atoms with Crippen molar-refractivity contribution in [3.63, 3.8) is 0 Å². The molecule has 3 rings (SSSR count). The van der Waals surface area contributed by atoms with Gasteiger partial charge in [0.25, 0.3) is 5.91 Å². The van der Waals surface area contributed by atoms with Gasteiger partial charge in [-0.15, -0.1) is 22.7 Å². The Kier molecular flexibility index (Phi) is 4.57. The molecule has 0 saturated carbocycles. The maximum absolute atomic E-state index is 12.1. The van der Waals surface area contributed by atoms with E-state index in [0.29, 0.717) is 11.3 Å². The predicted molar refractivity (Wildman–Crippen MR) is 87.0 cm³/mol. The number of nitrogens with zero attached hydrogens (tertiary/aromatic N) is 2. The van der Waals surface area contributed by atoms with Gasteiger partial charge >= 0.3 is 0 Å². The Bertz CT molecular complexity index is 741. The maximum Gasteiger partial charge on any atom is 0.270 e. The smallest absolute Gasteiger partial charge is 0.270 e. The molecular weight excluding hydrogens is 318 g/mol. The van der Waals surface area contributed by atoms with Gasteiger partial charge in [-0.25, -0.2) is 4.98 Å². The second kappa shape index (κ2) is 6.78. The minimum Gasteiger partial charge on any atom is -0.387 e. The highest BCUT2D eigenvalue weighted by Gasteiger charge is 2.14. The number of carbonyl (C=O) groups excluding carboxylic acids is 1. The Morgan fingerprint density at radius 1 is 1.27 bits per heavy atom. The molecule has 112 valence electrons. The molecule has 1 amide bonds. The van der Waals surface area contributed by atoms with Gasteiger partial charge in [0.05, 0.1) is 11.0 Å². The van der Waals surface area contributed by atoms with Gasteiger partial charge in [0.15, 0.2) is 0 Å². The molecule has 0 fully saturated rings. The van der Waals surface area contributed by atoms with Crippen LogP contribution in [0.25, 0.3) is 9.88 Å². The summed E-state index contributed by atoms with van der Waals surface area (Å²) in [4.78, 5) is 21.3. The maximum atomic E-state index is 12.1. The van der Waals surface area contributed by atoms with E-state index in [2.05, 4.69) is 15.3 Å². The van der Waals surface area contributed by atoms with Gasteiger partial charge in [0, 0.05) is 24.3 Å². The van der Waals surface area contributed by atoms with Gasteiger partial charge in [-0.1, -0.05) is 6.07 Å². The van der Waals surface area contributed by atoms with Gasteiger partial charge < -0.3 is 10.4 Å². The summed E-state index contributed by atoms with van der Waals surface area (Å²) in [6.45, 7) is 0.134. The SMILES string of the molecule is O=C(NC[C@@H](O)c1ccncc1)c1csc(-c2cccs2)n1. The van der Waals surface area contributed by atoms with Gasteiger partial charge in [-0.3, -0.25) is 9.78 Å². The zero-order valence-electron chi connectivity index (χ0n) is 11.5. The molecule has 0 aliphatic rings. The largest absolute Gasteiger partial charge is 0.387 e. The van der Waals surface area contributed by atoms with Crippen molar-refractivity contribution in [3.8, 4) is 9.88 Å². The lowest BCUT2D eigenvalue weighted by molar-refractivity contribution is 0.0912. The van der Waals surface area contributed by atoms with Crippen molar-refractivity contribution in [1.29, 1.82) is 0 Å². The van der Waals surface area contributed by atoms with Crippen LogP contribution in [0.5, 0.6) is 0 Å². The van der Waals surface area contributed by atoms with Crippen LogP contribution in [-0.4, -0.2) is 27.5 Å². The molecule has 1 atom stereocenters. The Morgan fingerprint density at radius 3 is 2.82 bits per heavy atom. The highest BCUT2D eigenvalue weighted by Crippen LogP contribution is 2.27. The molecular formula is C15H13N3O2S2. The molecule has 0 bridgehead atoms. The minimum absolute atomic E-state index is 0.134. The van der Waals surface area contributed by atoms with Crippen LogP contribution in [0, 0.1) is 0 Å². The van der Waals surface area contributed by atoms with E-state index in [-0.39, 0.29) is 12.5 Å². The second-order valence-corrected chi connectivity index (χ2v) is 6.33. The Labute approximate surface area is 135 Å². The van der Waals surface area contributed by atoms with Crippen molar-refractivity contribution in [3.05, 3.63) is 58.7 Å². The normalized spacial score (nSPS) is 12.0. The molecule has 0 aliphatic carbocycles. The summed E-state index contributed by atoms with van der Waals surface area (Å²) < 4.78 is 0. The zero-order valence-corrected chi connectivity index (χ0v) is 13.1. The first-order valence-electron chi connectivity index (χ1n) is 6.59. The van der Waals surface area contributed by atoms with E-state index in [0.717, 1.165) is 9.88 Å². The van der Waals surface area contributed by atoms with E-state index in [1.807, 2.05) is 17.5 Å². The number of pyridine rings is 1. The van der Waals surface area contributed by atoms with Gasteiger partial charge in [-0.2, -0.15) is 0 Å². The molecule has 3 aromatic rings. The standard InChI is InChI=1S/C15H13N3O2S2/c19-12(10-3-5-16-6-4-10)8-17-14(20)11-9-22-15(18-11)13-2-1-7-21-13/h1-7,9,12,19H,8H2,(H,17,20)/t12-/m1/s1. The Hall–Kier alpha value is -2.09. The van der Waals surface area contributed by atoms with Gasteiger partial charge in [-0.05, 0) is 29.1 Å². The number of thiazole rings is 1. The van der Waals surface area contributed by atoms with Crippen molar-refractivity contribution in [2.45, 2.75) is 6.10 Å². The third-order valence-electron chi connectivity index (χ3n) is 3.02. The molecule has 3 aromatic heterocycles. The van der Waals surface area contributed by atoms with Crippen LogP contribution in [0.4, 0.5) is 0 Å². The van der Waals surface area contributed by atoms with E-state index in [4.69, 9.17) is 0 Å². The molecule has 7 heteroatoms. The van der Waals surface area contributed by atoms with Gasteiger partial charge in [0.1, 0.15) is 10.7 Å². The number of amides is 1. The summed E-state index contributed by atoms with van der Waals surface area (Å²) in [5, 5.41) is 17.2. The van der Waals surface area contributed by atoms with Gasteiger partial charge in [0.2, 0.25) is 0 Å². The molecule has 3 heterocycles. The van der Waals surface area contributed by atoms with E-state index in [9.17, 15) is 9.90 Å². The summed E-state index contributed by atoms with van der Waals surface area (Å²) in [6.07, 6.45) is 2.45. The van der Waals surface area contributed by atoms with E-state index in [1.54, 1.807) is 41.2 Å². The highest BCUT2D eigenvalue weighted by molar-refractivity contribution is 7.20. The molecule has 5 nitrogen and oxygen atoms in total. The van der Waals surface area contributed by atoms with E-state index >= 15 is 0 Å². The van der Waals surface area contributed by atoms with Crippen LogP contribution in [0.1, 0.15) is 22.2 Å². The minimum atomic E-state index is -0.762. The van der Waals surface area contributed by atoms with Crippen molar-refractivity contribution < 1.29 is 9.90 Å². The molecule has 0 unspecified atom stereocenters. The molecule has 0 saturated heterocycles. The van der Waals surface area contributed by atoms with Crippen LogP contribution >= 0.6 is 22.7 Å². The predicted octanol–water partition coefficient (Wildman–Crippen LogP) is 2.73. The van der Waals surface area contributed by atoms with Crippen LogP contribution < -0.4 is 5.32 Å². The lowest BCUT2D eigenvalue weighted by Crippen LogP contribution is -2.28. The van der Waals surface area contributed by atoms with Crippen LogP contribution in [0.15, 0.2) is 47.4 Å². The molecule has 22 heavy (non-hydrogen) atoms.